The smallest absolute Gasteiger partial charge is 0.269 e. The molecule has 0 spiro atoms. The topological polar surface area (TPSA) is 67.0 Å². The molecular formula is C21H25N3O2. The first kappa shape index (κ1) is 15.9. The van der Waals surface area contributed by atoms with E-state index < -0.39 is 0 Å². The molecule has 1 amide bonds. The van der Waals surface area contributed by atoms with E-state index in [1.165, 1.54) is 32.1 Å². The number of nitrogens with one attached hydrogen (secondary N) is 2. The van der Waals surface area contributed by atoms with Crippen molar-refractivity contribution in [3.05, 3.63) is 36.0 Å². The van der Waals surface area contributed by atoms with Crippen molar-refractivity contribution in [2.45, 2.75) is 38.1 Å². The van der Waals surface area contributed by atoms with Crippen molar-refractivity contribution in [1.82, 2.24) is 15.5 Å². The van der Waals surface area contributed by atoms with Gasteiger partial charge in [0.15, 0.2) is 0 Å². The summed E-state index contributed by atoms with van der Waals surface area (Å²) in [5.74, 6) is 3.94. The number of aromatic amines is 1. The molecule has 1 aromatic carbocycles. The standard InChI is InChI=1S/C21H25N3O2/c1-26-17-4-2-3-14(10-17)18-11-19(24-23-18)21(25)22-20-15-6-12-5-13(8-15)9-16(20)7-12/h2-4,10-13,15-16,20H,5-9H2,1H3,(H,22,25)(H,23,24). The van der Waals surface area contributed by atoms with Gasteiger partial charge in [-0.25, -0.2) is 0 Å². The van der Waals surface area contributed by atoms with Crippen molar-refractivity contribution < 1.29 is 9.53 Å². The Morgan fingerprint density at radius 2 is 1.85 bits per heavy atom. The van der Waals surface area contributed by atoms with Gasteiger partial charge >= 0.3 is 0 Å². The molecule has 4 fully saturated rings. The highest BCUT2D eigenvalue weighted by molar-refractivity contribution is 5.93. The average Bonchev–Trinajstić information content (AvgIpc) is 3.14. The molecule has 5 nitrogen and oxygen atoms in total. The molecule has 4 aliphatic carbocycles. The van der Waals surface area contributed by atoms with Crippen LogP contribution in [0.15, 0.2) is 30.3 Å². The van der Waals surface area contributed by atoms with Crippen LogP contribution in [0.5, 0.6) is 5.75 Å². The summed E-state index contributed by atoms with van der Waals surface area (Å²) in [4.78, 5) is 12.8. The van der Waals surface area contributed by atoms with Crippen molar-refractivity contribution in [3.8, 4) is 17.0 Å². The first-order chi connectivity index (χ1) is 12.7. The Hall–Kier alpha value is -2.30. The maximum Gasteiger partial charge on any atom is 0.269 e. The number of benzene rings is 1. The highest BCUT2D eigenvalue weighted by atomic mass is 16.5. The summed E-state index contributed by atoms with van der Waals surface area (Å²) in [6.07, 6.45) is 6.63. The normalized spacial score (nSPS) is 31.8. The summed E-state index contributed by atoms with van der Waals surface area (Å²) >= 11 is 0. The summed E-state index contributed by atoms with van der Waals surface area (Å²) in [7, 11) is 1.65. The lowest BCUT2D eigenvalue weighted by Crippen LogP contribution is -2.55. The highest BCUT2D eigenvalue weighted by Gasteiger charge is 2.48. The van der Waals surface area contributed by atoms with Crippen molar-refractivity contribution in [2.75, 3.05) is 7.11 Å². The van der Waals surface area contributed by atoms with E-state index in [1.54, 1.807) is 7.11 Å². The predicted octanol–water partition coefficient (Wildman–Crippen LogP) is 3.64. The van der Waals surface area contributed by atoms with Gasteiger partial charge in [-0.15, -0.1) is 0 Å². The minimum absolute atomic E-state index is 0.0240. The highest BCUT2D eigenvalue weighted by Crippen LogP contribution is 2.53. The molecule has 1 heterocycles. The van der Waals surface area contributed by atoms with Gasteiger partial charge in [-0.05, 0) is 74.0 Å². The number of carbonyl (C=O) groups is 1. The van der Waals surface area contributed by atoms with Crippen LogP contribution < -0.4 is 10.1 Å². The average molecular weight is 351 g/mol. The van der Waals surface area contributed by atoms with E-state index in [-0.39, 0.29) is 5.91 Å². The number of aromatic nitrogens is 2. The lowest BCUT2D eigenvalue weighted by Gasteiger charge is -2.54. The first-order valence-corrected chi connectivity index (χ1v) is 9.70. The van der Waals surface area contributed by atoms with Gasteiger partial charge in [0.1, 0.15) is 11.4 Å². The zero-order valence-corrected chi connectivity index (χ0v) is 15.1. The summed E-state index contributed by atoms with van der Waals surface area (Å²) in [5.41, 5.74) is 2.24. The lowest BCUT2D eigenvalue weighted by atomic mass is 9.54. The van der Waals surface area contributed by atoms with Crippen molar-refractivity contribution in [3.63, 3.8) is 0 Å². The number of hydrogen-bond acceptors (Lipinski definition) is 3. The minimum Gasteiger partial charge on any atom is -0.497 e. The summed E-state index contributed by atoms with van der Waals surface area (Å²) in [6.45, 7) is 0. The third kappa shape index (κ3) is 2.70. The van der Waals surface area contributed by atoms with Crippen molar-refractivity contribution >= 4 is 5.91 Å². The molecule has 1 aromatic heterocycles. The van der Waals surface area contributed by atoms with Gasteiger partial charge in [0, 0.05) is 11.6 Å². The third-order valence-corrected chi connectivity index (χ3v) is 6.71. The van der Waals surface area contributed by atoms with Crippen LogP contribution >= 0.6 is 0 Å². The molecule has 4 bridgehead atoms. The number of nitrogens with zero attached hydrogens (tertiary/aromatic N) is 1. The van der Waals surface area contributed by atoms with Crippen molar-refractivity contribution in [2.24, 2.45) is 23.7 Å². The van der Waals surface area contributed by atoms with Gasteiger partial charge in [0.2, 0.25) is 0 Å². The van der Waals surface area contributed by atoms with Gasteiger partial charge < -0.3 is 10.1 Å². The number of carbonyl (C=O) groups excluding carboxylic acids is 1. The maximum atomic E-state index is 12.8. The van der Waals surface area contributed by atoms with Gasteiger partial charge in [-0.2, -0.15) is 5.10 Å². The SMILES string of the molecule is COc1cccc(-c2cc(C(=O)NC3C4CC5CC(C4)CC3C5)[nH]n2)c1. The monoisotopic (exact) mass is 351 g/mol. The number of H-pyrrole nitrogens is 1. The molecule has 0 unspecified atom stereocenters. The maximum absolute atomic E-state index is 12.8. The van der Waals surface area contributed by atoms with E-state index in [1.807, 2.05) is 30.3 Å². The number of rotatable bonds is 4. The Balaban J connectivity index is 1.31. The molecule has 0 radical (unpaired) electrons. The third-order valence-electron chi connectivity index (χ3n) is 6.71. The number of amides is 1. The largest absolute Gasteiger partial charge is 0.497 e. The van der Waals surface area contributed by atoms with Gasteiger partial charge in [-0.1, -0.05) is 12.1 Å². The Kier molecular flexibility index (Phi) is 3.76. The molecule has 136 valence electrons. The van der Waals surface area contributed by atoms with E-state index in [2.05, 4.69) is 15.5 Å². The number of hydrogen-bond donors (Lipinski definition) is 2. The fourth-order valence-corrected chi connectivity index (χ4v) is 5.76. The van der Waals surface area contributed by atoms with Crippen molar-refractivity contribution in [1.29, 1.82) is 0 Å². The molecule has 2 aromatic rings. The first-order valence-electron chi connectivity index (χ1n) is 9.70. The molecule has 4 saturated carbocycles. The number of ether oxygens (including phenoxy) is 1. The Labute approximate surface area is 153 Å². The fraction of sp³-hybridized carbons (Fsp3) is 0.524. The van der Waals surface area contributed by atoms with E-state index >= 15 is 0 Å². The van der Waals surface area contributed by atoms with Crippen LogP contribution in [0.4, 0.5) is 0 Å². The molecule has 26 heavy (non-hydrogen) atoms. The molecular weight excluding hydrogens is 326 g/mol. The zero-order valence-electron chi connectivity index (χ0n) is 15.1. The van der Waals surface area contributed by atoms with Crippen LogP contribution in [-0.4, -0.2) is 29.3 Å². The molecule has 6 rings (SSSR count). The molecule has 0 saturated heterocycles. The molecule has 2 N–H and O–H groups in total. The van der Waals surface area contributed by atoms with Gasteiger partial charge in [0.05, 0.1) is 12.8 Å². The Bertz CT molecular complexity index is 800. The zero-order chi connectivity index (χ0) is 17.7. The van der Waals surface area contributed by atoms with E-state index in [0.717, 1.165) is 28.8 Å². The second-order valence-electron chi connectivity index (χ2n) is 8.33. The van der Waals surface area contributed by atoms with E-state index in [9.17, 15) is 4.79 Å². The predicted molar refractivity (Wildman–Crippen MR) is 98.9 cm³/mol. The molecule has 0 aliphatic heterocycles. The quantitative estimate of drug-likeness (QED) is 0.884. The summed E-state index contributed by atoms with van der Waals surface area (Å²) < 4.78 is 5.27. The van der Waals surface area contributed by atoms with E-state index in [4.69, 9.17) is 4.74 Å². The van der Waals surface area contributed by atoms with Gasteiger partial charge in [-0.3, -0.25) is 9.89 Å². The Morgan fingerprint density at radius 1 is 1.12 bits per heavy atom. The fourth-order valence-electron chi connectivity index (χ4n) is 5.76. The van der Waals surface area contributed by atoms with Crippen LogP contribution in [0.2, 0.25) is 0 Å². The van der Waals surface area contributed by atoms with Crippen LogP contribution in [0.1, 0.15) is 42.6 Å². The van der Waals surface area contributed by atoms with Crippen LogP contribution in [0.25, 0.3) is 11.3 Å². The Morgan fingerprint density at radius 3 is 2.54 bits per heavy atom. The van der Waals surface area contributed by atoms with Crippen LogP contribution in [0, 0.1) is 23.7 Å². The van der Waals surface area contributed by atoms with Crippen LogP contribution in [-0.2, 0) is 0 Å². The summed E-state index contributed by atoms with van der Waals surface area (Å²) in [5, 5.41) is 10.6. The van der Waals surface area contributed by atoms with Gasteiger partial charge in [0.25, 0.3) is 5.91 Å². The minimum atomic E-state index is -0.0240. The lowest BCUT2D eigenvalue weighted by molar-refractivity contribution is -0.0120. The van der Waals surface area contributed by atoms with Crippen LogP contribution in [0.3, 0.4) is 0 Å². The molecule has 4 aliphatic rings. The molecule has 0 atom stereocenters. The second kappa shape index (κ2) is 6.15. The molecule has 5 heteroatoms. The van der Waals surface area contributed by atoms with E-state index in [0.29, 0.717) is 23.6 Å². The second-order valence-corrected chi connectivity index (χ2v) is 8.33. The number of methoxy groups -OCH3 is 1. The summed E-state index contributed by atoms with van der Waals surface area (Å²) in [6, 6.07) is 9.90.